The first-order valence-corrected chi connectivity index (χ1v) is 7.99. The quantitative estimate of drug-likeness (QED) is 0.760. The van der Waals surface area contributed by atoms with Crippen molar-refractivity contribution in [2.75, 3.05) is 6.61 Å². The molecule has 0 fully saturated rings. The van der Waals surface area contributed by atoms with E-state index in [0.29, 0.717) is 12.0 Å². The summed E-state index contributed by atoms with van der Waals surface area (Å²) in [5.74, 6) is -0.188. The number of hydrogen-bond donors (Lipinski definition) is 2. The zero-order valence-corrected chi connectivity index (χ0v) is 13.6. The molecule has 4 nitrogen and oxygen atoms in total. The van der Waals surface area contributed by atoms with Crippen LogP contribution in [0, 0.1) is 6.92 Å². The van der Waals surface area contributed by atoms with Crippen LogP contribution in [0.25, 0.3) is 10.9 Å². The van der Waals surface area contributed by atoms with Gasteiger partial charge in [-0.25, -0.2) is 0 Å². The fourth-order valence-electron chi connectivity index (χ4n) is 2.70. The number of nitrogens with zero attached hydrogens (tertiary/aromatic N) is 1. The summed E-state index contributed by atoms with van der Waals surface area (Å²) < 4.78 is 0. The number of rotatable bonds is 5. The molecule has 0 aliphatic heterocycles. The fourth-order valence-corrected chi connectivity index (χ4v) is 2.70. The zero-order chi connectivity index (χ0) is 16.9. The second-order valence-corrected chi connectivity index (χ2v) is 5.90. The molecule has 0 spiro atoms. The van der Waals surface area contributed by atoms with Crippen LogP contribution in [-0.2, 0) is 6.42 Å². The zero-order valence-electron chi connectivity index (χ0n) is 13.6. The smallest absolute Gasteiger partial charge is 0.251 e. The van der Waals surface area contributed by atoms with Gasteiger partial charge in [-0.3, -0.25) is 9.78 Å². The predicted molar refractivity (Wildman–Crippen MR) is 95.0 cm³/mol. The lowest BCUT2D eigenvalue weighted by Crippen LogP contribution is -2.39. The predicted octanol–water partition coefficient (Wildman–Crippen LogP) is 2.88. The van der Waals surface area contributed by atoms with E-state index < -0.39 is 0 Å². The number of nitrogens with one attached hydrogen (secondary N) is 1. The summed E-state index contributed by atoms with van der Waals surface area (Å²) >= 11 is 0. The molecular weight excluding hydrogens is 300 g/mol. The third-order valence-electron chi connectivity index (χ3n) is 3.97. The SMILES string of the molecule is Cc1ccc2cc(C(=O)NC(CO)Cc3ccccc3)ccc2n1. The van der Waals surface area contributed by atoms with Gasteiger partial charge in [0.05, 0.1) is 18.2 Å². The van der Waals surface area contributed by atoms with E-state index in [0.717, 1.165) is 22.2 Å². The van der Waals surface area contributed by atoms with Crippen LogP contribution in [0.1, 0.15) is 21.6 Å². The second kappa shape index (κ2) is 7.23. The van der Waals surface area contributed by atoms with Crippen LogP contribution in [0.5, 0.6) is 0 Å². The van der Waals surface area contributed by atoms with Gasteiger partial charge in [-0.1, -0.05) is 36.4 Å². The van der Waals surface area contributed by atoms with Gasteiger partial charge in [-0.05, 0) is 43.2 Å². The number of hydrogen-bond acceptors (Lipinski definition) is 3. The number of carbonyl (C=O) groups excluding carboxylic acids is 1. The molecule has 4 heteroatoms. The first kappa shape index (κ1) is 16.1. The number of carbonyl (C=O) groups is 1. The van der Waals surface area contributed by atoms with Crippen LogP contribution in [0.15, 0.2) is 60.7 Å². The summed E-state index contributed by atoms with van der Waals surface area (Å²) in [6, 6.07) is 18.8. The molecule has 0 aliphatic carbocycles. The highest BCUT2D eigenvalue weighted by molar-refractivity contribution is 5.98. The second-order valence-electron chi connectivity index (χ2n) is 5.90. The molecule has 1 aromatic heterocycles. The molecule has 24 heavy (non-hydrogen) atoms. The molecule has 2 aromatic carbocycles. The topological polar surface area (TPSA) is 62.2 Å². The van der Waals surface area contributed by atoms with Crippen LogP contribution < -0.4 is 5.32 Å². The van der Waals surface area contributed by atoms with E-state index in [1.807, 2.05) is 61.5 Å². The van der Waals surface area contributed by atoms with E-state index >= 15 is 0 Å². The lowest BCUT2D eigenvalue weighted by atomic mass is 10.1. The Balaban J connectivity index is 1.74. The van der Waals surface area contributed by atoms with E-state index in [1.165, 1.54) is 0 Å². The monoisotopic (exact) mass is 320 g/mol. The van der Waals surface area contributed by atoms with Crippen molar-refractivity contribution < 1.29 is 9.90 Å². The van der Waals surface area contributed by atoms with Gasteiger partial charge in [0.15, 0.2) is 0 Å². The van der Waals surface area contributed by atoms with Crippen molar-refractivity contribution in [1.29, 1.82) is 0 Å². The Labute approximate surface area is 141 Å². The van der Waals surface area contributed by atoms with Gasteiger partial charge in [0, 0.05) is 16.6 Å². The van der Waals surface area contributed by atoms with Crippen LogP contribution in [0.2, 0.25) is 0 Å². The number of aliphatic hydroxyl groups is 1. The number of fused-ring (bicyclic) bond motifs is 1. The molecule has 3 aromatic rings. The van der Waals surface area contributed by atoms with Crippen molar-refractivity contribution in [3.05, 3.63) is 77.5 Å². The molecule has 1 amide bonds. The van der Waals surface area contributed by atoms with Crippen LogP contribution in [0.3, 0.4) is 0 Å². The molecule has 0 saturated heterocycles. The molecule has 1 heterocycles. The Morgan fingerprint density at radius 1 is 1.12 bits per heavy atom. The van der Waals surface area contributed by atoms with Gasteiger partial charge in [0.25, 0.3) is 5.91 Å². The minimum atomic E-state index is -0.313. The van der Waals surface area contributed by atoms with E-state index in [2.05, 4.69) is 10.3 Å². The molecule has 0 radical (unpaired) electrons. The number of benzene rings is 2. The Kier molecular flexibility index (Phi) is 4.87. The van der Waals surface area contributed by atoms with Crippen molar-refractivity contribution >= 4 is 16.8 Å². The Morgan fingerprint density at radius 3 is 2.67 bits per heavy atom. The van der Waals surface area contributed by atoms with Crippen molar-refractivity contribution in [3.8, 4) is 0 Å². The van der Waals surface area contributed by atoms with Crippen molar-refractivity contribution in [2.45, 2.75) is 19.4 Å². The molecule has 2 N–H and O–H groups in total. The third kappa shape index (κ3) is 3.78. The van der Waals surface area contributed by atoms with Gasteiger partial charge >= 0.3 is 0 Å². The number of pyridine rings is 1. The Bertz CT molecular complexity index is 847. The summed E-state index contributed by atoms with van der Waals surface area (Å²) in [5, 5.41) is 13.4. The molecule has 0 bridgehead atoms. The van der Waals surface area contributed by atoms with Gasteiger partial charge in [0.1, 0.15) is 0 Å². The highest BCUT2D eigenvalue weighted by Crippen LogP contribution is 2.15. The van der Waals surface area contributed by atoms with E-state index in [4.69, 9.17) is 0 Å². The molecule has 0 aliphatic rings. The highest BCUT2D eigenvalue weighted by Gasteiger charge is 2.14. The third-order valence-corrected chi connectivity index (χ3v) is 3.97. The van der Waals surface area contributed by atoms with Crippen LogP contribution >= 0.6 is 0 Å². The summed E-state index contributed by atoms with van der Waals surface area (Å²) in [5.41, 5.74) is 3.46. The molecule has 1 atom stereocenters. The van der Waals surface area contributed by atoms with Crippen molar-refractivity contribution in [2.24, 2.45) is 0 Å². The number of amides is 1. The van der Waals surface area contributed by atoms with Crippen LogP contribution in [0.4, 0.5) is 0 Å². The summed E-state index contributed by atoms with van der Waals surface area (Å²) in [6.45, 7) is 1.84. The Morgan fingerprint density at radius 2 is 1.92 bits per heavy atom. The number of aromatic nitrogens is 1. The standard InChI is InChI=1S/C20H20N2O2/c1-14-7-8-16-12-17(9-10-19(16)21-14)20(24)22-18(13-23)11-15-5-3-2-4-6-15/h2-10,12,18,23H,11,13H2,1H3,(H,22,24). The lowest BCUT2D eigenvalue weighted by Gasteiger charge is -2.16. The number of aryl methyl sites for hydroxylation is 1. The first-order chi connectivity index (χ1) is 11.7. The van der Waals surface area contributed by atoms with E-state index in [1.54, 1.807) is 6.07 Å². The molecular formula is C20H20N2O2. The summed E-state index contributed by atoms with van der Waals surface area (Å²) in [4.78, 5) is 16.9. The van der Waals surface area contributed by atoms with Crippen molar-refractivity contribution in [3.63, 3.8) is 0 Å². The first-order valence-electron chi connectivity index (χ1n) is 7.99. The van der Waals surface area contributed by atoms with E-state index in [-0.39, 0.29) is 18.6 Å². The van der Waals surface area contributed by atoms with E-state index in [9.17, 15) is 9.90 Å². The minimum absolute atomic E-state index is 0.102. The minimum Gasteiger partial charge on any atom is -0.394 e. The van der Waals surface area contributed by atoms with Crippen LogP contribution in [-0.4, -0.2) is 28.6 Å². The molecule has 3 rings (SSSR count). The van der Waals surface area contributed by atoms with Gasteiger partial charge in [-0.15, -0.1) is 0 Å². The molecule has 1 unspecified atom stereocenters. The van der Waals surface area contributed by atoms with Gasteiger partial charge < -0.3 is 10.4 Å². The molecule has 0 saturated carbocycles. The van der Waals surface area contributed by atoms with Gasteiger partial charge in [-0.2, -0.15) is 0 Å². The molecule has 122 valence electrons. The maximum Gasteiger partial charge on any atom is 0.251 e. The average Bonchev–Trinajstić information content (AvgIpc) is 2.61. The summed E-state index contributed by atoms with van der Waals surface area (Å²) in [7, 11) is 0. The lowest BCUT2D eigenvalue weighted by molar-refractivity contribution is 0.0916. The summed E-state index contributed by atoms with van der Waals surface area (Å²) in [6.07, 6.45) is 0.595. The maximum atomic E-state index is 12.5. The number of aliphatic hydroxyl groups excluding tert-OH is 1. The van der Waals surface area contributed by atoms with Crippen molar-refractivity contribution in [1.82, 2.24) is 10.3 Å². The largest absolute Gasteiger partial charge is 0.394 e. The average molecular weight is 320 g/mol. The maximum absolute atomic E-state index is 12.5. The normalized spacial score (nSPS) is 12.1. The fraction of sp³-hybridized carbons (Fsp3) is 0.200. The Hall–Kier alpha value is -2.72. The highest BCUT2D eigenvalue weighted by atomic mass is 16.3. The van der Waals surface area contributed by atoms with Gasteiger partial charge in [0.2, 0.25) is 0 Å².